The number of carbonyl (C=O) groups is 4. The molecule has 0 aliphatic heterocycles. The van der Waals surface area contributed by atoms with Crippen LogP contribution in [-0.2, 0) is 25.5 Å². The molecule has 158 valence electrons. The fourth-order valence-corrected chi connectivity index (χ4v) is 2.78. The molecule has 2 aromatic rings. The molecule has 0 heterocycles. The zero-order chi connectivity index (χ0) is 21.9. The molecule has 0 unspecified atom stereocenters. The number of amides is 2. The first-order chi connectivity index (χ1) is 14.4. The van der Waals surface area contributed by atoms with E-state index in [0.29, 0.717) is 5.56 Å². The van der Waals surface area contributed by atoms with E-state index in [1.54, 1.807) is 54.6 Å². The van der Waals surface area contributed by atoms with Gasteiger partial charge in [-0.05, 0) is 24.1 Å². The predicted molar refractivity (Wildman–Crippen MR) is 109 cm³/mol. The molecule has 0 saturated carbocycles. The predicted octanol–water partition coefficient (Wildman–Crippen LogP) is 1.55. The van der Waals surface area contributed by atoms with Gasteiger partial charge in [-0.15, -0.1) is 0 Å². The van der Waals surface area contributed by atoms with Gasteiger partial charge in [0.2, 0.25) is 5.91 Å². The van der Waals surface area contributed by atoms with Gasteiger partial charge in [-0.1, -0.05) is 48.5 Å². The molecule has 0 spiro atoms. The standard InChI is InChI=1S/C22H24N2O6/c1-30-19(25)13-12-17(22(28)29)23-21(27)18(14-15-8-4-2-5-9-15)24-20(26)16-10-6-3-7-11-16/h2-11,17-18H,12-14H2,1H3,(H,23,27)(H,24,26)(H,28,29)/t17-,18-/m0/s1. The summed E-state index contributed by atoms with van der Waals surface area (Å²) in [6, 6.07) is 15.2. The lowest BCUT2D eigenvalue weighted by atomic mass is 10.0. The topological polar surface area (TPSA) is 122 Å². The largest absolute Gasteiger partial charge is 0.480 e. The Kier molecular flexibility index (Phi) is 8.56. The fraction of sp³-hybridized carbons (Fsp3) is 0.273. The molecule has 3 N–H and O–H groups in total. The lowest BCUT2D eigenvalue weighted by molar-refractivity contribution is -0.144. The number of methoxy groups -OCH3 is 1. The van der Waals surface area contributed by atoms with E-state index in [9.17, 15) is 24.3 Å². The van der Waals surface area contributed by atoms with Crippen molar-refractivity contribution in [1.29, 1.82) is 0 Å². The molecule has 0 saturated heterocycles. The van der Waals surface area contributed by atoms with Crippen LogP contribution in [0.2, 0.25) is 0 Å². The van der Waals surface area contributed by atoms with Gasteiger partial charge in [-0.25, -0.2) is 4.79 Å². The molecule has 0 bridgehead atoms. The van der Waals surface area contributed by atoms with Crippen molar-refractivity contribution in [2.45, 2.75) is 31.3 Å². The summed E-state index contributed by atoms with van der Waals surface area (Å²) in [6.45, 7) is 0. The van der Waals surface area contributed by atoms with E-state index in [1.807, 2.05) is 6.07 Å². The van der Waals surface area contributed by atoms with Crippen LogP contribution in [0.4, 0.5) is 0 Å². The fourth-order valence-electron chi connectivity index (χ4n) is 2.78. The normalized spacial score (nSPS) is 12.3. The Morgan fingerprint density at radius 2 is 1.50 bits per heavy atom. The van der Waals surface area contributed by atoms with E-state index in [2.05, 4.69) is 15.4 Å². The number of carboxylic acid groups (broad SMARTS) is 1. The molecule has 0 fully saturated rings. The molecule has 2 atom stereocenters. The van der Waals surface area contributed by atoms with Gasteiger partial charge in [0, 0.05) is 18.4 Å². The molecule has 8 nitrogen and oxygen atoms in total. The maximum absolute atomic E-state index is 12.8. The van der Waals surface area contributed by atoms with Gasteiger partial charge in [0.15, 0.2) is 0 Å². The molecule has 2 rings (SSSR count). The van der Waals surface area contributed by atoms with Gasteiger partial charge in [0.1, 0.15) is 12.1 Å². The summed E-state index contributed by atoms with van der Waals surface area (Å²) in [5.74, 6) is -2.96. The minimum Gasteiger partial charge on any atom is -0.480 e. The molecular weight excluding hydrogens is 388 g/mol. The van der Waals surface area contributed by atoms with Crippen molar-refractivity contribution in [3.63, 3.8) is 0 Å². The van der Waals surface area contributed by atoms with Gasteiger partial charge in [-0.2, -0.15) is 0 Å². The van der Waals surface area contributed by atoms with E-state index >= 15 is 0 Å². The van der Waals surface area contributed by atoms with Crippen molar-refractivity contribution in [2.75, 3.05) is 7.11 Å². The molecule has 0 aliphatic rings. The number of esters is 1. The maximum Gasteiger partial charge on any atom is 0.326 e. The average molecular weight is 412 g/mol. The van der Waals surface area contributed by atoms with Gasteiger partial charge in [0.25, 0.3) is 5.91 Å². The van der Waals surface area contributed by atoms with Crippen LogP contribution in [0.1, 0.15) is 28.8 Å². The Morgan fingerprint density at radius 1 is 0.900 bits per heavy atom. The molecular formula is C22H24N2O6. The summed E-state index contributed by atoms with van der Waals surface area (Å²) < 4.78 is 4.51. The number of hydrogen-bond acceptors (Lipinski definition) is 5. The molecule has 30 heavy (non-hydrogen) atoms. The average Bonchev–Trinajstić information content (AvgIpc) is 2.76. The third-order valence-electron chi connectivity index (χ3n) is 4.42. The highest BCUT2D eigenvalue weighted by molar-refractivity contribution is 5.98. The van der Waals surface area contributed by atoms with E-state index in [0.717, 1.165) is 5.56 Å². The second kappa shape index (κ2) is 11.4. The highest BCUT2D eigenvalue weighted by Crippen LogP contribution is 2.07. The lowest BCUT2D eigenvalue weighted by Gasteiger charge is -2.21. The third kappa shape index (κ3) is 7.05. The van der Waals surface area contributed by atoms with Crippen molar-refractivity contribution in [3.05, 3.63) is 71.8 Å². The van der Waals surface area contributed by atoms with Gasteiger partial charge in [0.05, 0.1) is 7.11 Å². The molecule has 2 aromatic carbocycles. The second-order valence-electron chi connectivity index (χ2n) is 6.60. The monoisotopic (exact) mass is 412 g/mol. The number of carboxylic acids is 1. The smallest absolute Gasteiger partial charge is 0.326 e. The van der Waals surface area contributed by atoms with Gasteiger partial charge < -0.3 is 20.5 Å². The van der Waals surface area contributed by atoms with Gasteiger partial charge in [-0.3, -0.25) is 14.4 Å². The molecule has 0 radical (unpaired) electrons. The second-order valence-corrected chi connectivity index (χ2v) is 6.60. The van der Waals surface area contributed by atoms with E-state index in [1.165, 1.54) is 7.11 Å². The first kappa shape index (κ1) is 22.6. The summed E-state index contributed by atoms with van der Waals surface area (Å²) in [7, 11) is 1.20. The summed E-state index contributed by atoms with van der Waals surface area (Å²) in [6.07, 6.45) is -0.111. The molecule has 8 heteroatoms. The Hall–Kier alpha value is -3.68. The Balaban J connectivity index is 2.14. The van der Waals surface area contributed by atoms with Crippen molar-refractivity contribution >= 4 is 23.8 Å². The Labute approximate surface area is 174 Å². The summed E-state index contributed by atoms with van der Waals surface area (Å²) in [5.41, 5.74) is 1.18. The van der Waals surface area contributed by atoms with Crippen LogP contribution in [-0.4, -0.2) is 48.1 Å². The zero-order valence-corrected chi connectivity index (χ0v) is 16.5. The number of rotatable bonds is 10. The quantitative estimate of drug-likeness (QED) is 0.509. The van der Waals surface area contributed by atoms with Crippen LogP contribution in [0.15, 0.2) is 60.7 Å². The number of nitrogens with one attached hydrogen (secondary N) is 2. The van der Waals surface area contributed by atoms with Crippen molar-refractivity contribution < 1.29 is 29.0 Å². The minimum absolute atomic E-state index is 0.127. The zero-order valence-electron chi connectivity index (χ0n) is 16.5. The highest BCUT2D eigenvalue weighted by Gasteiger charge is 2.27. The number of ether oxygens (including phenoxy) is 1. The van der Waals surface area contributed by atoms with Crippen LogP contribution < -0.4 is 10.6 Å². The highest BCUT2D eigenvalue weighted by atomic mass is 16.5. The van der Waals surface area contributed by atoms with Crippen molar-refractivity contribution in [1.82, 2.24) is 10.6 Å². The van der Waals surface area contributed by atoms with E-state index < -0.39 is 35.8 Å². The first-order valence-corrected chi connectivity index (χ1v) is 9.40. The molecule has 0 aromatic heterocycles. The van der Waals surface area contributed by atoms with Crippen molar-refractivity contribution in [2.24, 2.45) is 0 Å². The number of hydrogen-bond donors (Lipinski definition) is 3. The SMILES string of the molecule is COC(=O)CC[C@H](NC(=O)[C@H](Cc1ccccc1)NC(=O)c1ccccc1)C(=O)O. The van der Waals surface area contributed by atoms with Gasteiger partial charge >= 0.3 is 11.9 Å². The van der Waals surface area contributed by atoms with Crippen LogP contribution >= 0.6 is 0 Å². The Bertz CT molecular complexity index is 870. The number of benzene rings is 2. The minimum atomic E-state index is -1.29. The Morgan fingerprint density at radius 3 is 2.07 bits per heavy atom. The third-order valence-corrected chi connectivity index (χ3v) is 4.42. The summed E-state index contributed by atoms with van der Waals surface area (Å²) >= 11 is 0. The van der Waals surface area contributed by atoms with Crippen molar-refractivity contribution in [3.8, 4) is 0 Å². The number of aliphatic carboxylic acids is 1. The van der Waals surface area contributed by atoms with Crippen LogP contribution in [0, 0.1) is 0 Å². The first-order valence-electron chi connectivity index (χ1n) is 9.40. The maximum atomic E-state index is 12.8. The lowest BCUT2D eigenvalue weighted by Crippen LogP contribution is -2.52. The van der Waals surface area contributed by atoms with Crippen LogP contribution in [0.5, 0.6) is 0 Å². The van der Waals surface area contributed by atoms with E-state index in [4.69, 9.17) is 0 Å². The molecule has 0 aliphatic carbocycles. The van der Waals surface area contributed by atoms with E-state index in [-0.39, 0.29) is 19.3 Å². The molecule has 2 amide bonds. The number of carbonyl (C=O) groups excluding carboxylic acids is 3. The van der Waals surface area contributed by atoms with Crippen LogP contribution in [0.25, 0.3) is 0 Å². The van der Waals surface area contributed by atoms with Crippen LogP contribution in [0.3, 0.4) is 0 Å². The summed E-state index contributed by atoms with van der Waals surface area (Å²) in [5, 5.41) is 14.5. The summed E-state index contributed by atoms with van der Waals surface area (Å²) in [4.78, 5) is 48.2.